The van der Waals surface area contributed by atoms with Gasteiger partial charge in [-0.2, -0.15) is 0 Å². The molecule has 0 rings (SSSR count). The van der Waals surface area contributed by atoms with E-state index in [-0.39, 0.29) is 0 Å². The van der Waals surface area contributed by atoms with E-state index in [2.05, 4.69) is 51.7 Å². The number of nitrogens with one attached hydrogen (secondary N) is 1. The number of allylic oxidation sites excluding steroid dienone is 3. The molecule has 0 aromatic carbocycles. The number of hydrogen-bond acceptors (Lipinski definition) is 2. The third-order valence-electron chi connectivity index (χ3n) is 2.64. The molecule has 2 nitrogen and oxygen atoms in total. The average molecular weight is 224 g/mol. The highest BCUT2D eigenvalue weighted by molar-refractivity contribution is 5.01. The molecule has 2 heteroatoms. The molecule has 94 valence electrons. The van der Waals surface area contributed by atoms with Gasteiger partial charge in [-0.25, -0.2) is 0 Å². The van der Waals surface area contributed by atoms with Gasteiger partial charge >= 0.3 is 0 Å². The molecule has 16 heavy (non-hydrogen) atoms. The summed E-state index contributed by atoms with van der Waals surface area (Å²) in [6.45, 7) is 13.5. The Morgan fingerprint density at radius 3 is 2.44 bits per heavy atom. The molecule has 0 heterocycles. The van der Waals surface area contributed by atoms with Crippen LogP contribution >= 0.6 is 0 Å². The van der Waals surface area contributed by atoms with E-state index in [0.717, 1.165) is 25.1 Å². The summed E-state index contributed by atoms with van der Waals surface area (Å²) >= 11 is 0. The Hall–Kier alpha value is -0.760. The smallest absolute Gasteiger partial charge is 0.0241 e. The summed E-state index contributed by atoms with van der Waals surface area (Å²) in [6.07, 6.45) is 6.54. The monoisotopic (exact) mass is 224 g/mol. The largest absolute Gasteiger partial charge is 0.386 e. The lowest BCUT2D eigenvalue weighted by molar-refractivity contribution is 0.520. The first-order valence-electron chi connectivity index (χ1n) is 6.29. The van der Waals surface area contributed by atoms with E-state index < -0.39 is 0 Å². The lowest BCUT2D eigenvalue weighted by atomic mass is 10.0. The van der Waals surface area contributed by atoms with Crippen LogP contribution < -0.4 is 11.1 Å². The van der Waals surface area contributed by atoms with Crippen molar-refractivity contribution < 1.29 is 0 Å². The van der Waals surface area contributed by atoms with Crippen LogP contribution in [0.5, 0.6) is 0 Å². The fraction of sp³-hybridized carbons (Fsp3) is 0.714. The van der Waals surface area contributed by atoms with Crippen LogP contribution in [0.1, 0.15) is 40.5 Å². The Kier molecular flexibility index (Phi) is 8.00. The molecule has 0 unspecified atom stereocenters. The molecule has 3 N–H and O–H groups in total. The molecule has 0 spiro atoms. The standard InChI is InChI=1S/C14H28N2/c1-11(2)7-6-8-12(3)14(5)16-13(4)9-10-15/h6-7,11-13,16H,5,8-10,15H2,1-4H3/b7-6-/t12-,13-/m1/s1. The van der Waals surface area contributed by atoms with Crippen LogP contribution in [0.3, 0.4) is 0 Å². The maximum Gasteiger partial charge on any atom is 0.0241 e. The van der Waals surface area contributed by atoms with E-state index in [9.17, 15) is 0 Å². The minimum atomic E-state index is 0.425. The van der Waals surface area contributed by atoms with Crippen molar-refractivity contribution in [3.8, 4) is 0 Å². The highest BCUT2D eigenvalue weighted by Gasteiger charge is 2.07. The Labute approximate surface area is 101 Å². The van der Waals surface area contributed by atoms with Gasteiger partial charge in [0.1, 0.15) is 0 Å². The van der Waals surface area contributed by atoms with Crippen molar-refractivity contribution in [3.05, 3.63) is 24.4 Å². The molecule has 0 radical (unpaired) electrons. The predicted molar refractivity (Wildman–Crippen MR) is 73.2 cm³/mol. The maximum absolute atomic E-state index is 5.51. The van der Waals surface area contributed by atoms with E-state index in [1.807, 2.05) is 0 Å². The van der Waals surface area contributed by atoms with Gasteiger partial charge < -0.3 is 11.1 Å². The molecular formula is C14H28N2. The van der Waals surface area contributed by atoms with Crippen molar-refractivity contribution >= 4 is 0 Å². The zero-order valence-corrected chi connectivity index (χ0v) is 11.3. The van der Waals surface area contributed by atoms with Gasteiger partial charge in [-0.05, 0) is 38.1 Å². The Bertz CT molecular complexity index is 219. The summed E-state index contributed by atoms with van der Waals surface area (Å²) < 4.78 is 0. The topological polar surface area (TPSA) is 38.0 Å². The van der Waals surface area contributed by atoms with Gasteiger partial charge in [-0.15, -0.1) is 0 Å². The van der Waals surface area contributed by atoms with Gasteiger partial charge in [0, 0.05) is 11.7 Å². The molecule has 0 saturated heterocycles. The Morgan fingerprint density at radius 1 is 1.31 bits per heavy atom. The minimum absolute atomic E-state index is 0.425. The summed E-state index contributed by atoms with van der Waals surface area (Å²) in [5.74, 6) is 1.11. The molecule has 0 bridgehead atoms. The molecule has 0 aliphatic carbocycles. The normalized spacial score (nSPS) is 15.4. The van der Waals surface area contributed by atoms with E-state index in [4.69, 9.17) is 5.73 Å². The second-order valence-electron chi connectivity index (χ2n) is 4.96. The average Bonchev–Trinajstić information content (AvgIpc) is 2.17. The number of hydrogen-bond donors (Lipinski definition) is 2. The van der Waals surface area contributed by atoms with E-state index >= 15 is 0 Å². The van der Waals surface area contributed by atoms with Gasteiger partial charge in [0.2, 0.25) is 0 Å². The van der Waals surface area contributed by atoms with Crippen LogP contribution in [0.15, 0.2) is 24.4 Å². The van der Waals surface area contributed by atoms with Crippen LogP contribution in [0.2, 0.25) is 0 Å². The summed E-state index contributed by atoms with van der Waals surface area (Å²) in [4.78, 5) is 0. The number of nitrogens with two attached hydrogens (primary N) is 1. The van der Waals surface area contributed by atoms with Crippen molar-refractivity contribution in [2.45, 2.75) is 46.6 Å². The van der Waals surface area contributed by atoms with Crippen molar-refractivity contribution in [2.24, 2.45) is 17.6 Å². The molecule has 2 atom stereocenters. The minimum Gasteiger partial charge on any atom is -0.386 e. The summed E-state index contributed by atoms with van der Waals surface area (Å²) in [6, 6.07) is 0.425. The van der Waals surface area contributed by atoms with Gasteiger partial charge in [-0.1, -0.05) is 39.5 Å². The van der Waals surface area contributed by atoms with Gasteiger partial charge in [-0.3, -0.25) is 0 Å². The van der Waals surface area contributed by atoms with E-state index in [1.165, 1.54) is 0 Å². The number of rotatable bonds is 8. The second kappa shape index (κ2) is 8.40. The first-order valence-corrected chi connectivity index (χ1v) is 6.29. The van der Waals surface area contributed by atoms with Crippen molar-refractivity contribution in [1.82, 2.24) is 5.32 Å². The Morgan fingerprint density at radius 2 is 1.94 bits per heavy atom. The first kappa shape index (κ1) is 15.2. The molecule has 0 aliphatic heterocycles. The fourth-order valence-electron chi connectivity index (χ4n) is 1.48. The Balaban J connectivity index is 3.90. The van der Waals surface area contributed by atoms with E-state index in [0.29, 0.717) is 17.9 Å². The lowest BCUT2D eigenvalue weighted by Crippen LogP contribution is -2.29. The third kappa shape index (κ3) is 7.52. The second-order valence-corrected chi connectivity index (χ2v) is 4.96. The highest BCUT2D eigenvalue weighted by Crippen LogP contribution is 2.12. The van der Waals surface area contributed by atoms with Crippen LogP contribution in [-0.2, 0) is 0 Å². The zero-order valence-electron chi connectivity index (χ0n) is 11.3. The van der Waals surface area contributed by atoms with Gasteiger partial charge in [0.15, 0.2) is 0 Å². The fourth-order valence-corrected chi connectivity index (χ4v) is 1.48. The van der Waals surface area contributed by atoms with Crippen molar-refractivity contribution in [2.75, 3.05) is 6.54 Å². The predicted octanol–water partition coefficient (Wildman–Crippen LogP) is 3.07. The molecule has 0 amide bonds. The molecule has 0 aromatic heterocycles. The maximum atomic E-state index is 5.51. The summed E-state index contributed by atoms with van der Waals surface area (Å²) in [5, 5.41) is 3.41. The SMILES string of the molecule is C=C(N[C@H](C)CCN)[C@H](C)C/C=C\C(C)C. The van der Waals surface area contributed by atoms with Crippen molar-refractivity contribution in [3.63, 3.8) is 0 Å². The summed E-state index contributed by atoms with van der Waals surface area (Å²) in [7, 11) is 0. The highest BCUT2D eigenvalue weighted by atomic mass is 14.9. The zero-order chi connectivity index (χ0) is 12.6. The van der Waals surface area contributed by atoms with Gasteiger partial charge in [0.25, 0.3) is 0 Å². The van der Waals surface area contributed by atoms with Crippen molar-refractivity contribution in [1.29, 1.82) is 0 Å². The van der Waals surface area contributed by atoms with Crippen LogP contribution in [-0.4, -0.2) is 12.6 Å². The lowest BCUT2D eigenvalue weighted by Gasteiger charge is -2.20. The van der Waals surface area contributed by atoms with Crippen LogP contribution in [0.25, 0.3) is 0 Å². The van der Waals surface area contributed by atoms with E-state index in [1.54, 1.807) is 0 Å². The molecule has 0 aromatic rings. The molecule has 0 saturated carbocycles. The third-order valence-corrected chi connectivity index (χ3v) is 2.64. The van der Waals surface area contributed by atoms with Gasteiger partial charge in [0.05, 0.1) is 0 Å². The first-order chi connectivity index (χ1) is 7.47. The summed E-state index contributed by atoms with van der Waals surface area (Å²) in [5.41, 5.74) is 6.63. The molecule has 0 fully saturated rings. The van der Waals surface area contributed by atoms with Crippen LogP contribution in [0, 0.1) is 11.8 Å². The molecule has 0 aliphatic rings. The quantitative estimate of drug-likeness (QED) is 0.622. The molecular weight excluding hydrogens is 196 g/mol. The van der Waals surface area contributed by atoms with Crippen LogP contribution in [0.4, 0.5) is 0 Å².